The highest BCUT2D eigenvalue weighted by molar-refractivity contribution is 5.83. The highest BCUT2D eigenvalue weighted by Gasteiger charge is 2.15. The Morgan fingerprint density at radius 1 is 0.850 bits per heavy atom. The number of hydrogen-bond donors (Lipinski definition) is 0. The Labute approximate surface area is 117 Å². The summed E-state index contributed by atoms with van der Waals surface area (Å²) in [4.78, 5) is 12.1. The molecule has 0 bridgehead atoms. The molecular weight excluding hydrogens is 258 g/mol. The van der Waals surface area contributed by atoms with Gasteiger partial charge in [0.1, 0.15) is 17.4 Å². The number of ketones is 1. The molecule has 0 aliphatic heterocycles. The number of rotatable bonds is 4. The van der Waals surface area contributed by atoms with E-state index in [-0.39, 0.29) is 24.2 Å². The lowest BCUT2D eigenvalue weighted by atomic mass is 9.95. The van der Waals surface area contributed by atoms with E-state index in [9.17, 15) is 13.6 Å². The Hall–Kier alpha value is -2.03. The number of Topliss-reactive ketones (excluding diaryl/α,β-unsaturated/α-hetero) is 1. The van der Waals surface area contributed by atoms with Gasteiger partial charge < -0.3 is 0 Å². The van der Waals surface area contributed by atoms with Gasteiger partial charge in [0.05, 0.1) is 0 Å². The third-order valence-corrected chi connectivity index (χ3v) is 3.45. The summed E-state index contributed by atoms with van der Waals surface area (Å²) >= 11 is 0. The van der Waals surface area contributed by atoms with Gasteiger partial charge in [-0.15, -0.1) is 0 Å². The van der Waals surface area contributed by atoms with Crippen LogP contribution >= 0.6 is 0 Å². The molecule has 104 valence electrons. The molecule has 0 heterocycles. The van der Waals surface area contributed by atoms with Crippen molar-refractivity contribution in [2.24, 2.45) is 0 Å². The summed E-state index contributed by atoms with van der Waals surface area (Å²) in [6.07, 6.45) is -0.0153. The molecule has 0 saturated heterocycles. The van der Waals surface area contributed by atoms with E-state index in [1.165, 1.54) is 18.2 Å². The SMILES string of the molecule is Cc1cccc(C)c1CC(=O)Cc1c(F)cccc1F. The van der Waals surface area contributed by atoms with Crippen LogP contribution in [-0.2, 0) is 17.6 Å². The second-order valence-electron chi connectivity index (χ2n) is 4.96. The molecule has 3 heteroatoms. The topological polar surface area (TPSA) is 17.1 Å². The third-order valence-electron chi connectivity index (χ3n) is 3.45. The summed E-state index contributed by atoms with van der Waals surface area (Å²) in [6, 6.07) is 9.42. The van der Waals surface area contributed by atoms with Gasteiger partial charge in [0, 0.05) is 18.4 Å². The lowest BCUT2D eigenvalue weighted by Crippen LogP contribution is -2.11. The van der Waals surface area contributed by atoms with Crippen molar-refractivity contribution in [3.05, 3.63) is 70.3 Å². The van der Waals surface area contributed by atoms with Crippen molar-refractivity contribution in [1.82, 2.24) is 0 Å². The molecule has 2 aromatic rings. The molecular formula is C17H16F2O. The van der Waals surface area contributed by atoms with Gasteiger partial charge in [-0.2, -0.15) is 0 Å². The van der Waals surface area contributed by atoms with Gasteiger partial charge in [0.15, 0.2) is 0 Å². The fourth-order valence-corrected chi connectivity index (χ4v) is 2.29. The van der Waals surface area contributed by atoms with Crippen molar-refractivity contribution >= 4 is 5.78 Å². The van der Waals surface area contributed by atoms with E-state index in [1.54, 1.807) is 0 Å². The van der Waals surface area contributed by atoms with Crippen LogP contribution in [0, 0.1) is 25.5 Å². The zero-order valence-corrected chi connectivity index (χ0v) is 11.5. The maximum Gasteiger partial charge on any atom is 0.141 e. The highest BCUT2D eigenvalue weighted by atomic mass is 19.1. The molecule has 0 radical (unpaired) electrons. The Kier molecular flexibility index (Phi) is 4.28. The molecule has 0 amide bonds. The zero-order valence-electron chi connectivity index (χ0n) is 11.5. The molecule has 0 spiro atoms. The lowest BCUT2D eigenvalue weighted by Gasteiger charge is -2.09. The van der Waals surface area contributed by atoms with Gasteiger partial charge >= 0.3 is 0 Å². The Morgan fingerprint density at radius 3 is 1.85 bits per heavy atom. The molecule has 0 fully saturated rings. The standard InChI is InChI=1S/C17H16F2O/c1-11-5-3-6-12(2)14(11)9-13(20)10-15-16(18)7-4-8-17(15)19/h3-8H,9-10H2,1-2H3. The number of carbonyl (C=O) groups excluding carboxylic acids is 1. The predicted octanol–water partition coefficient (Wildman–Crippen LogP) is 3.94. The number of hydrogen-bond acceptors (Lipinski definition) is 1. The number of benzene rings is 2. The highest BCUT2D eigenvalue weighted by Crippen LogP contribution is 2.17. The average Bonchev–Trinajstić information content (AvgIpc) is 2.39. The largest absolute Gasteiger partial charge is 0.299 e. The van der Waals surface area contributed by atoms with Crippen LogP contribution in [0.5, 0.6) is 0 Å². The van der Waals surface area contributed by atoms with Gasteiger partial charge in [-0.05, 0) is 42.7 Å². The molecule has 0 aromatic heterocycles. The minimum absolute atomic E-state index is 0.149. The molecule has 1 nitrogen and oxygen atoms in total. The molecule has 2 aromatic carbocycles. The summed E-state index contributed by atoms with van der Waals surface area (Å²) in [6.45, 7) is 3.86. The molecule has 0 aliphatic carbocycles. The van der Waals surface area contributed by atoms with Crippen molar-refractivity contribution in [2.75, 3.05) is 0 Å². The van der Waals surface area contributed by atoms with Gasteiger partial charge in [0.25, 0.3) is 0 Å². The van der Waals surface area contributed by atoms with E-state index in [4.69, 9.17) is 0 Å². The van der Waals surface area contributed by atoms with Crippen LogP contribution in [0.3, 0.4) is 0 Å². The number of aryl methyl sites for hydroxylation is 2. The van der Waals surface area contributed by atoms with Crippen LogP contribution in [0.2, 0.25) is 0 Å². The van der Waals surface area contributed by atoms with E-state index in [2.05, 4.69) is 0 Å². The monoisotopic (exact) mass is 274 g/mol. The Bertz CT molecular complexity index is 551. The normalized spacial score (nSPS) is 10.6. The molecule has 0 aliphatic rings. The molecule has 20 heavy (non-hydrogen) atoms. The van der Waals surface area contributed by atoms with E-state index in [0.717, 1.165) is 16.7 Å². The molecule has 0 unspecified atom stereocenters. The van der Waals surface area contributed by atoms with E-state index < -0.39 is 11.6 Å². The Balaban J connectivity index is 2.18. The number of halogens is 2. The molecule has 0 N–H and O–H groups in total. The summed E-state index contributed by atoms with van der Waals surface area (Å²) in [5, 5.41) is 0. The zero-order chi connectivity index (χ0) is 14.7. The van der Waals surface area contributed by atoms with Crippen LogP contribution in [0.25, 0.3) is 0 Å². The van der Waals surface area contributed by atoms with Crippen molar-refractivity contribution in [3.8, 4) is 0 Å². The first-order valence-corrected chi connectivity index (χ1v) is 6.48. The molecule has 2 rings (SSSR count). The summed E-state index contributed by atoms with van der Waals surface area (Å²) < 4.78 is 27.0. The van der Waals surface area contributed by atoms with Gasteiger partial charge in [-0.3, -0.25) is 4.79 Å². The van der Waals surface area contributed by atoms with Crippen molar-refractivity contribution in [3.63, 3.8) is 0 Å². The third kappa shape index (κ3) is 3.10. The smallest absolute Gasteiger partial charge is 0.141 e. The molecule has 0 atom stereocenters. The fraction of sp³-hybridized carbons (Fsp3) is 0.235. The number of carbonyl (C=O) groups is 1. The van der Waals surface area contributed by atoms with Crippen molar-refractivity contribution < 1.29 is 13.6 Å². The first kappa shape index (κ1) is 14.4. The first-order chi connectivity index (χ1) is 9.49. The van der Waals surface area contributed by atoms with Crippen LogP contribution < -0.4 is 0 Å². The maximum atomic E-state index is 13.5. The summed E-state index contributed by atoms with van der Waals surface area (Å²) in [7, 11) is 0. The van der Waals surface area contributed by atoms with E-state index >= 15 is 0 Å². The minimum Gasteiger partial charge on any atom is -0.299 e. The predicted molar refractivity (Wildman–Crippen MR) is 74.7 cm³/mol. The lowest BCUT2D eigenvalue weighted by molar-refractivity contribution is -0.117. The van der Waals surface area contributed by atoms with E-state index in [1.807, 2.05) is 32.0 Å². The fourth-order valence-electron chi connectivity index (χ4n) is 2.29. The van der Waals surface area contributed by atoms with Crippen molar-refractivity contribution in [2.45, 2.75) is 26.7 Å². The van der Waals surface area contributed by atoms with Gasteiger partial charge in [-0.1, -0.05) is 24.3 Å². The Morgan fingerprint density at radius 2 is 1.30 bits per heavy atom. The second kappa shape index (κ2) is 5.95. The van der Waals surface area contributed by atoms with Crippen LogP contribution in [0.1, 0.15) is 22.3 Å². The summed E-state index contributed by atoms with van der Waals surface area (Å²) in [5.41, 5.74) is 2.83. The summed E-state index contributed by atoms with van der Waals surface area (Å²) in [5.74, 6) is -1.52. The van der Waals surface area contributed by atoms with Gasteiger partial charge in [-0.25, -0.2) is 8.78 Å². The van der Waals surface area contributed by atoms with Crippen LogP contribution in [0.4, 0.5) is 8.78 Å². The quantitative estimate of drug-likeness (QED) is 0.825. The minimum atomic E-state index is -0.667. The van der Waals surface area contributed by atoms with Crippen LogP contribution in [0.15, 0.2) is 36.4 Å². The second-order valence-corrected chi connectivity index (χ2v) is 4.96. The maximum absolute atomic E-state index is 13.5. The molecule has 0 saturated carbocycles. The van der Waals surface area contributed by atoms with E-state index in [0.29, 0.717) is 0 Å². The average molecular weight is 274 g/mol. The van der Waals surface area contributed by atoms with Gasteiger partial charge in [0.2, 0.25) is 0 Å². The van der Waals surface area contributed by atoms with Crippen LogP contribution in [-0.4, -0.2) is 5.78 Å². The van der Waals surface area contributed by atoms with Crippen molar-refractivity contribution in [1.29, 1.82) is 0 Å². The first-order valence-electron chi connectivity index (χ1n) is 6.48.